The van der Waals surface area contributed by atoms with Crippen LogP contribution in [0.25, 0.3) is 0 Å². The van der Waals surface area contributed by atoms with Gasteiger partial charge in [-0.15, -0.1) is 0 Å². The van der Waals surface area contributed by atoms with Gasteiger partial charge in [-0.1, -0.05) is 64.2 Å². The molecule has 1 N–H and O–H groups in total. The number of methoxy groups -OCH3 is 1. The number of unbranched alkanes of at least 4 members (excludes halogenated alkanes) is 11. The lowest BCUT2D eigenvalue weighted by molar-refractivity contribution is 0.192. The molecule has 0 atom stereocenters. The fourth-order valence-electron chi connectivity index (χ4n) is 2.32. The van der Waals surface area contributed by atoms with Gasteiger partial charge >= 0.3 is 0 Å². The maximum absolute atomic E-state index is 5.04. The Hall–Kier alpha value is -0.0800. The molecule has 0 aromatic carbocycles. The summed E-state index contributed by atoms with van der Waals surface area (Å²) in [4.78, 5) is 0. The Morgan fingerprint density at radius 1 is 0.611 bits per heavy atom. The lowest BCUT2D eigenvalue weighted by Crippen LogP contribution is -2.06. The molecular formula is C16H35NO. The van der Waals surface area contributed by atoms with Crippen molar-refractivity contribution in [3.63, 3.8) is 0 Å². The third kappa shape index (κ3) is 15.9. The quantitative estimate of drug-likeness (QED) is 0.435. The van der Waals surface area contributed by atoms with Gasteiger partial charge in [0.05, 0.1) is 0 Å². The van der Waals surface area contributed by atoms with E-state index in [2.05, 4.69) is 5.32 Å². The van der Waals surface area contributed by atoms with Crippen molar-refractivity contribution < 1.29 is 4.74 Å². The lowest BCUT2D eigenvalue weighted by atomic mass is 10.1. The van der Waals surface area contributed by atoms with Crippen LogP contribution in [0.3, 0.4) is 0 Å². The lowest BCUT2D eigenvalue weighted by Gasteiger charge is -2.03. The van der Waals surface area contributed by atoms with E-state index in [0.29, 0.717) is 0 Å². The van der Waals surface area contributed by atoms with Gasteiger partial charge in [-0.25, -0.2) is 0 Å². The van der Waals surface area contributed by atoms with Crippen LogP contribution < -0.4 is 5.32 Å². The largest absolute Gasteiger partial charge is 0.385 e. The molecule has 0 saturated carbocycles. The average molecular weight is 257 g/mol. The van der Waals surface area contributed by atoms with Crippen LogP contribution in [-0.2, 0) is 4.74 Å². The van der Waals surface area contributed by atoms with Gasteiger partial charge in [0.15, 0.2) is 0 Å². The Morgan fingerprint density at radius 2 is 1.00 bits per heavy atom. The summed E-state index contributed by atoms with van der Waals surface area (Å²) in [6.07, 6.45) is 16.8. The minimum atomic E-state index is 0.938. The van der Waals surface area contributed by atoms with E-state index in [0.717, 1.165) is 6.61 Å². The van der Waals surface area contributed by atoms with E-state index in [9.17, 15) is 0 Å². The number of nitrogens with one attached hydrogen (secondary N) is 1. The summed E-state index contributed by atoms with van der Waals surface area (Å²) in [5.74, 6) is 0. The Labute approximate surface area is 115 Å². The predicted molar refractivity (Wildman–Crippen MR) is 81.2 cm³/mol. The molecule has 0 radical (unpaired) electrons. The standard InChI is InChI=1S/C16H35NO/c1-17-15-13-11-9-7-5-3-4-6-8-10-12-14-16-18-2/h17H,3-16H2,1-2H3. The van der Waals surface area contributed by atoms with Crippen LogP contribution >= 0.6 is 0 Å². The molecule has 0 aromatic heterocycles. The van der Waals surface area contributed by atoms with Crippen molar-refractivity contribution in [2.24, 2.45) is 0 Å². The molecule has 0 aliphatic carbocycles. The number of rotatable bonds is 15. The highest BCUT2D eigenvalue weighted by Crippen LogP contribution is 2.11. The topological polar surface area (TPSA) is 21.3 Å². The van der Waals surface area contributed by atoms with Crippen LogP contribution in [0.1, 0.15) is 77.0 Å². The van der Waals surface area contributed by atoms with Gasteiger partial charge in [0, 0.05) is 13.7 Å². The molecule has 0 aliphatic rings. The number of hydrogen-bond donors (Lipinski definition) is 1. The Morgan fingerprint density at radius 3 is 1.39 bits per heavy atom. The summed E-state index contributed by atoms with van der Waals surface area (Å²) in [6.45, 7) is 2.12. The Bertz CT molecular complexity index is 123. The van der Waals surface area contributed by atoms with Gasteiger partial charge in [0.2, 0.25) is 0 Å². The zero-order valence-electron chi connectivity index (χ0n) is 12.8. The minimum Gasteiger partial charge on any atom is -0.385 e. The Balaban J connectivity index is 2.86. The molecule has 2 heteroatoms. The van der Waals surface area contributed by atoms with Gasteiger partial charge in [-0.05, 0) is 26.4 Å². The zero-order chi connectivity index (χ0) is 13.3. The van der Waals surface area contributed by atoms with Crippen molar-refractivity contribution >= 4 is 0 Å². The Kier molecular flexibility index (Phi) is 16.8. The number of ether oxygens (including phenoxy) is 1. The van der Waals surface area contributed by atoms with Crippen LogP contribution in [0.15, 0.2) is 0 Å². The molecule has 0 bridgehead atoms. The van der Waals surface area contributed by atoms with Crippen molar-refractivity contribution in [2.45, 2.75) is 77.0 Å². The summed E-state index contributed by atoms with van der Waals surface area (Å²) in [5, 5.41) is 3.20. The summed E-state index contributed by atoms with van der Waals surface area (Å²) in [6, 6.07) is 0. The van der Waals surface area contributed by atoms with Gasteiger partial charge in [0.1, 0.15) is 0 Å². The van der Waals surface area contributed by atoms with Gasteiger partial charge < -0.3 is 10.1 Å². The summed E-state index contributed by atoms with van der Waals surface area (Å²) >= 11 is 0. The molecule has 0 fully saturated rings. The van der Waals surface area contributed by atoms with Gasteiger partial charge in [-0.2, -0.15) is 0 Å². The molecule has 0 amide bonds. The smallest absolute Gasteiger partial charge is 0.0462 e. The van der Waals surface area contributed by atoms with E-state index < -0.39 is 0 Å². The average Bonchev–Trinajstić information content (AvgIpc) is 2.39. The van der Waals surface area contributed by atoms with E-state index in [1.54, 1.807) is 7.11 Å². The second-order valence-electron chi connectivity index (χ2n) is 5.34. The molecule has 0 spiro atoms. The molecular weight excluding hydrogens is 222 g/mol. The maximum Gasteiger partial charge on any atom is 0.0462 e. The maximum atomic E-state index is 5.04. The van der Waals surface area contributed by atoms with Crippen molar-refractivity contribution in [2.75, 3.05) is 27.3 Å². The van der Waals surface area contributed by atoms with Gasteiger partial charge in [-0.3, -0.25) is 0 Å². The molecule has 0 unspecified atom stereocenters. The molecule has 0 heterocycles. The van der Waals surface area contributed by atoms with Crippen molar-refractivity contribution in [1.82, 2.24) is 5.32 Å². The highest BCUT2D eigenvalue weighted by molar-refractivity contribution is 4.49. The second-order valence-corrected chi connectivity index (χ2v) is 5.34. The predicted octanol–water partition coefficient (Wildman–Crippen LogP) is 4.53. The van der Waals surface area contributed by atoms with Gasteiger partial charge in [0.25, 0.3) is 0 Å². The van der Waals surface area contributed by atoms with Crippen LogP contribution in [0.2, 0.25) is 0 Å². The molecule has 0 aliphatic heterocycles. The van der Waals surface area contributed by atoms with Crippen LogP contribution in [-0.4, -0.2) is 27.3 Å². The first kappa shape index (κ1) is 17.9. The first-order valence-corrected chi connectivity index (χ1v) is 8.05. The third-order valence-electron chi connectivity index (χ3n) is 3.53. The number of hydrogen-bond acceptors (Lipinski definition) is 2. The minimum absolute atomic E-state index is 0.938. The fraction of sp³-hybridized carbons (Fsp3) is 1.00. The molecule has 0 saturated heterocycles. The summed E-state index contributed by atoms with van der Waals surface area (Å²) < 4.78 is 5.04. The summed E-state index contributed by atoms with van der Waals surface area (Å²) in [5.41, 5.74) is 0. The van der Waals surface area contributed by atoms with Crippen LogP contribution in [0.5, 0.6) is 0 Å². The van der Waals surface area contributed by atoms with Crippen molar-refractivity contribution in [3.05, 3.63) is 0 Å². The fourth-order valence-corrected chi connectivity index (χ4v) is 2.32. The van der Waals surface area contributed by atoms with E-state index in [1.807, 2.05) is 7.05 Å². The molecule has 0 rings (SSSR count). The monoisotopic (exact) mass is 257 g/mol. The highest BCUT2D eigenvalue weighted by atomic mass is 16.5. The normalized spacial score (nSPS) is 11.0. The SMILES string of the molecule is CNCCCCCCCCCCCCCCOC. The van der Waals surface area contributed by atoms with Crippen LogP contribution in [0.4, 0.5) is 0 Å². The first-order chi connectivity index (χ1) is 8.91. The first-order valence-electron chi connectivity index (χ1n) is 8.05. The molecule has 18 heavy (non-hydrogen) atoms. The van der Waals surface area contributed by atoms with Crippen LogP contribution in [0, 0.1) is 0 Å². The molecule has 110 valence electrons. The second kappa shape index (κ2) is 16.9. The van der Waals surface area contributed by atoms with E-state index in [4.69, 9.17) is 4.74 Å². The van der Waals surface area contributed by atoms with Crippen molar-refractivity contribution in [3.8, 4) is 0 Å². The molecule has 2 nitrogen and oxygen atoms in total. The van der Waals surface area contributed by atoms with E-state index >= 15 is 0 Å². The zero-order valence-corrected chi connectivity index (χ0v) is 12.8. The van der Waals surface area contributed by atoms with E-state index in [1.165, 1.54) is 83.6 Å². The van der Waals surface area contributed by atoms with Crippen molar-refractivity contribution in [1.29, 1.82) is 0 Å². The third-order valence-corrected chi connectivity index (χ3v) is 3.53. The van der Waals surface area contributed by atoms with E-state index in [-0.39, 0.29) is 0 Å². The highest BCUT2D eigenvalue weighted by Gasteiger charge is 1.93. The summed E-state index contributed by atoms with van der Waals surface area (Å²) in [7, 11) is 3.83. The molecule has 0 aromatic rings.